The average molecular weight is 392 g/mol. The van der Waals surface area contributed by atoms with Gasteiger partial charge in [-0.1, -0.05) is 65.8 Å². The number of hydrogen-bond acceptors (Lipinski definition) is 4. The molecule has 0 unspecified atom stereocenters. The Hall–Kier alpha value is -2.88. The van der Waals surface area contributed by atoms with Crippen LogP contribution in [0.4, 0.5) is 0 Å². The molecule has 0 aliphatic heterocycles. The van der Waals surface area contributed by atoms with Crippen molar-refractivity contribution in [3.8, 4) is 5.75 Å². The van der Waals surface area contributed by atoms with E-state index in [2.05, 4.69) is 5.32 Å². The number of likely N-dealkylation sites (N-methyl/N-ethyl adjacent to an activating group) is 1. The molecule has 1 aliphatic carbocycles. The number of Topliss-reactive ketones (excluding diaryl/α,β-unsaturated/α-hetero) is 2. The zero-order valence-corrected chi connectivity index (χ0v) is 18.2. The summed E-state index contributed by atoms with van der Waals surface area (Å²) >= 11 is 0. The van der Waals surface area contributed by atoms with Crippen molar-refractivity contribution in [2.45, 2.75) is 52.4 Å². The highest BCUT2D eigenvalue weighted by Gasteiger charge is 2.34. The molecule has 0 atom stereocenters. The van der Waals surface area contributed by atoms with E-state index in [0.717, 1.165) is 11.1 Å². The van der Waals surface area contributed by atoms with Gasteiger partial charge < -0.3 is 10.4 Å². The van der Waals surface area contributed by atoms with Crippen molar-refractivity contribution >= 4 is 17.1 Å². The summed E-state index contributed by atoms with van der Waals surface area (Å²) in [6.07, 6.45) is 0. The van der Waals surface area contributed by atoms with Crippen molar-refractivity contribution in [2.24, 2.45) is 0 Å². The lowest BCUT2D eigenvalue weighted by Crippen LogP contribution is -2.28. The summed E-state index contributed by atoms with van der Waals surface area (Å²) < 4.78 is 0. The number of phenols is 1. The van der Waals surface area contributed by atoms with Gasteiger partial charge in [-0.15, -0.1) is 0 Å². The van der Waals surface area contributed by atoms with Gasteiger partial charge in [0.15, 0.2) is 5.78 Å². The summed E-state index contributed by atoms with van der Waals surface area (Å²) in [5, 5.41) is 13.9. The molecule has 29 heavy (non-hydrogen) atoms. The maximum Gasteiger partial charge on any atom is 0.210 e. The number of benzene rings is 2. The van der Waals surface area contributed by atoms with Gasteiger partial charge in [-0.2, -0.15) is 0 Å². The molecule has 0 bridgehead atoms. The normalized spacial score (nSPS) is 14.9. The van der Waals surface area contributed by atoms with Gasteiger partial charge in [-0.05, 0) is 28.5 Å². The topological polar surface area (TPSA) is 66.4 Å². The minimum absolute atomic E-state index is 0.185. The van der Waals surface area contributed by atoms with Crippen LogP contribution in [0.3, 0.4) is 0 Å². The predicted molar refractivity (Wildman–Crippen MR) is 117 cm³/mol. The third-order valence-corrected chi connectivity index (χ3v) is 5.39. The Morgan fingerprint density at radius 2 is 1.24 bits per heavy atom. The Labute approximate surface area is 172 Å². The number of aromatic hydroxyl groups is 1. The van der Waals surface area contributed by atoms with Gasteiger partial charge in [0.2, 0.25) is 5.78 Å². The van der Waals surface area contributed by atoms with E-state index in [4.69, 9.17) is 0 Å². The van der Waals surface area contributed by atoms with E-state index in [1.807, 2.05) is 53.7 Å². The lowest BCUT2D eigenvalue weighted by molar-refractivity contribution is 0.0986. The number of nitrogens with one attached hydrogen (secondary N) is 1. The first-order valence-corrected chi connectivity index (χ1v) is 9.86. The Kier molecular flexibility index (Phi) is 4.94. The van der Waals surface area contributed by atoms with Crippen LogP contribution in [-0.2, 0) is 10.8 Å². The maximum absolute atomic E-state index is 13.4. The van der Waals surface area contributed by atoms with Gasteiger partial charge in [-0.3, -0.25) is 9.59 Å². The van der Waals surface area contributed by atoms with Crippen molar-refractivity contribution in [3.63, 3.8) is 0 Å². The number of fused-ring (bicyclic) bond motifs is 1. The third kappa shape index (κ3) is 3.48. The van der Waals surface area contributed by atoms with Gasteiger partial charge in [0.05, 0.1) is 11.3 Å². The maximum atomic E-state index is 13.4. The minimum atomic E-state index is -0.333. The quantitative estimate of drug-likeness (QED) is 0.756. The molecule has 0 radical (unpaired) electrons. The first-order chi connectivity index (χ1) is 13.4. The van der Waals surface area contributed by atoms with Crippen LogP contribution in [0, 0.1) is 0 Å². The Balaban J connectivity index is 2.38. The minimum Gasteiger partial charge on any atom is -0.507 e. The van der Waals surface area contributed by atoms with E-state index in [1.165, 1.54) is 0 Å². The van der Waals surface area contributed by atoms with E-state index in [0.29, 0.717) is 28.0 Å². The van der Waals surface area contributed by atoms with E-state index < -0.39 is 0 Å². The number of carbonyl (C=O) groups is 2. The van der Waals surface area contributed by atoms with Gasteiger partial charge in [0.25, 0.3) is 0 Å². The van der Waals surface area contributed by atoms with E-state index >= 15 is 0 Å². The Morgan fingerprint density at radius 3 is 1.66 bits per heavy atom. The molecule has 4 heteroatoms. The van der Waals surface area contributed by atoms with Crippen molar-refractivity contribution in [1.29, 1.82) is 0 Å². The van der Waals surface area contributed by atoms with Crippen LogP contribution in [0.5, 0.6) is 5.75 Å². The van der Waals surface area contributed by atoms with Crippen LogP contribution in [0.2, 0.25) is 0 Å². The number of allylic oxidation sites excluding steroid dienone is 2. The number of hydrogen-bond donors (Lipinski definition) is 2. The lowest BCUT2D eigenvalue weighted by Gasteiger charge is -2.29. The van der Waals surface area contributed by atoms with Gasteiger partial charge in [-0.25, -0.2) is 0 Å². The molecule has 1 aliphatic rings. The second kappa shape index (κ2) is 6.87. The number of ketones is 2. The second-order valence-corrected chi connectivity index (χ2v) is 9.62. The summed E-state index contributed by atoms with van der Waals surface area (Å²) in [6, 6.07) is 10.6. The predicted octanol–water partition coefficient (Wildman–Crippen LogP) is 5.00. The molecular formula is C25H29NO3. The van der Waals surface area contributed by atoms with Gasteiger partial charge >= 0.3 is 0 Å². The molecule has 2 N–H and O–H groups in total. The summed E-state index contributed by atoms with van der Waals surface area (Å²) in [5.41, 5.74) is 2.95. The number of carbonyl (C=O) groups excluding carboxylic acids is 2. The fourth-order valence-electron chi connectivity index (χ4n) is 3.81. The molecule has 0 heterocycles. The fourth-order valence-corrected chi connectivity index (χ4v) is 3.81. The number of rotatable bonds is 2. The Morgan fingerprint density at radius 1 is 0.793 bits per heavy atom. The molecule has 0 aromatic heterocycles. The summed E-state index contributed by atoms with van der Waals surface area (Å²) in [5.74, 6) is -0.134. The van der Waals surface area contributed by atoms with Gasteiger partial charge in [0.1, 0.15) is 5.75 Å². The SMILES string of the molecule is CNC1=C(c2cc(C(C)(C)C)c(O)c(C(C)(C)C)c2)C(=O)c2ccccc2C1=O. The first kappa shape index (κ1) is 20.8. The van der Waals surface area contributed by atoms with Crippen LogP contribution >= 0.6 is 0 Å². The first-order valence-electron chi connectivity index (χ1n) is 9.86. The highest BCUT2D eigenvalue weighted by Crippen LogP contribution is 2.42. The molecular weight excluding hydrogens is 362 g/mol. The summed E-state index contributed by atoms with van der Waals surface area (Å²) in [4.78, 5) is 26.5. The molecule has 2 aromatic carbocycles. The highest BCUT2D eigenvalue weighted by molar-refractivity contribution is 6.40. The van der Waals surface area contributed by atoms with E-state index in [-0.39, 0.29) is 28.1 Å². The third-order valence-electron chi connectivity index (χ3n) is 5.39. The Bertz CT molecular complexity index is 1010. The monoisotopic (exact) mass is 391 g/mol. The van der Waals surface area contributed by atoms with Crippen molar-refractivity contribution in [1.82, 2.24) is 5.32 Å². The molecule has 2 aromatic rings. The van der Waals surface area contributed by atoms with Crippen LogP contribution in [-0.4, -0.2) is 23.7 Å². The zero-order chi connectivity index (χ0) is 21.7. The molecule has 0 saturated carbocycles. The van der Waals surface area contributed by atoms with Crippen LogP contribution in [0.1, 0.15) is 78.9 Å². The van der Waals surface area contributed by atoms with Crippen molar-refractivity contribution in [3.05, 3.63) is 69.9 Å². The largest absolute Gasteiger partial charge is 0.507 e. The average Bonchev–Trinajstić information content (AvgIpc) is 2.63. The smallest absolute Gasteiger partial charge is 0.210 e. The fraction of sp³-hybridized carbons (Fsp3) is 0.360. The van der Waals surface area contributed by atoms with Crippen molar-refractivity contribution < 1.29 is 14.7 Å². The van der Waals surface area contributed by atoms with Crippen LogP contribution in [0.25, 0.3) is 5.57 Å². The number of phenolic OH excluding ortho intramolecular Hbond substituents is 1. The molecule has 0 amide bonds. The molecule has 3 rings (SSSR count). The van der Waals surface area contributed by atoms with Crippen LogP contribution in [0.15, 0.2) is 42.1 Å². The zero-order valence-electron chi connectivity index (χ0n) is 18.2. The van der Waals surface area contributed by atoms with E-state index in [1.54, 1.807) is 31.3 Å². The standard InChI is InChI=1S/C25H29NO3/c1-24(2,3)17-12-14(13-18(23(17)29)25(4,5)6)19-20(26-7)22(28)16-11-9-8-10-15(16)21(19)27/h8-13,26,29H,1-7H3. The molecule has 152 valence electrons. The van der Waals surface area contributed by atoms with Crippen molar-refractivity contribution in [2.75, 3.05) is 7.05 Å². The molecule has 0 fully saturated rings. The summed E-state index contributed by atoms with van der Waals surface area (Å²) in [7, 11) is 1.66. The van der Waals surface area contributed by atoms with E-state index in [9.17, 15) is 14.7 Å². The second-order valence-electron chi connectivity index (χ2n) is 9.62. The summed E-state index contributed by atoms with van der Waals surface area (Å²) in [6.45, 7) is 12.1. The lowest BCUT2D eigenvalue weighted by atomic mass is 9.76. The highest BCUT2D eigenvalue weighted by atomic mass is 16.3. The van der Waals surface area contributed by atoms with Gasteiger partial charge in [0, 0.05) is 29.3 Å². The molecule has 0 spiro atoms. The molecule has 0 saturated heterocycles. The van der Waals surface area contributed by atoms with Crippen LogP contribution < -0.4 is 5.32 Å². The molecule has 4 nitrogen and oxygen atoms in total.